The van der Waals surface area contributed by atoms with E-state index in [9.17, 15) is 22.8 Å². The first-order valence-corrected chi connectivity index (χ1v) is 10.7. The minimum Gasteiger partial charge on any atom is -0.397 e. The van der Waals surface area contributed by atoms with Crippen LogP contribution in [0.1, 0.15) is 46.9 Å². The van der Waals surface area contributed by atoms with E-state index >= 15 is 0 Å². The maximum atomic E-state index is 13.4. The van der Waals surface area contributed by atoms with E-state index in [1.165, 1.54) is 12.3 Å². The predicted molar refractivity (Wildman–Crippen MR) is 126 cm³/mol. The van der Waals surface area contributed by atoms with Crippen LogP contribution >= 0.6 is 0 Å². The second-order valence-corrected chi connectivity index (χ2v) is 8.43. The Morgan fingerprint density at radius 1 is 1.11 bits per heavy atom. The topological polar surface area (TPSA) is 114 Å². The van der Waals surface area contributed by atoms with E-state index in [1.807, 2.05) is 6.07 Å². The number of amides is 1. The lowest BCUT2D eigenvalue weighted by Crippen LogP contribution is -2.48. The van der Waals surface area contributed by atoms with Crippen molar-refractivity contribution in [3.8, 4) is 0 Å². The number of fused-ring (bicyclic) bond motifs is 1. The number of anilines is 1. The van der Waals surface area contributed by atoms with E-state index < -0.39 is 29.1 Å². The molecule has 0 saturated carbocycles. The zero-order chi connectivity index (χ0) is 25.4. The molecule has 4 N–H and O–H groups in total. The number of nitrogens with zero attached hydrogens (tertiary/aromatic N) is 2. The van der Waals surface area contributed by atoms with Gasteiger partial charge in [-0.1, -0.05) is 13.0 Å². The number of alkyl halides is 3. The number of carbonyl (C=O) groups excluding carboxylic acids is 1. The van der Waals surface area contributed by atoms with Gasteiger partial charge in [0, 0.05) is 41.5 Å². The summed E-state index contributed by atoms with van der Waals surface area (Å²) in [5.41, 5.74) is 4.70. The molecule has 7 nitrogen and oxygen atoms in total. The number of nitrogens with two attached hydrogens (primary N) is 1. The number of rotatable bonds is 5. The lowest BCUT2D eigenvalue weighted by molar-refractivity contribution is -0.137. The van der Waals surface area contributed by atoms with Crippen molar-refractivity contribution in [2.75, 3.05) is 5.73 Å². The molecule has 1 aromatic carbocycles. The third-order valence-electron chi connectivity index (χ3n) is 6.14. The lowest BCUT2D eigenvalue weighted by Gasteiger charge is -2.37. The molecule has 0 saturated heterocycles. The monoisotopic (exact) mass is 481 g/mol. The summed E-state index contributed by atoms with van der Waals surface area (Å²) in [6.07, 6.45) is -0.850. The first-order valence-electron chi connectivity index (χ1n) is 10.7. The molecule has 0 bridgehead atoms. The number of benzene rings is 1. The van der Waals surface area contributed by atoms with Gasteiger partial charge in [0.15, 0.2) is 0 Å². The zero-order valence-corrected chi connectivity index (χ0v) is 18.9. The highest BCUT2D eigenvalue weighted by Gasteiger charge is 2.40. The Morgan fingerprint density at radius 3 is 2.57 bits per heavy atom. The third kappa shape index (κ3) is 4.72. The zero-order valence-electron chi connectivity index (χ0n) is 18.9. The molecule has 180 valence electrons. The molecule has 35 heavy (non-hydrogen) atoms. The molecule has 1 amide bonds. The maximum Gasteiger partial charge on any atom is 0.417 e. The summed E-state index contributed by atoms with van der Waals surface area (Å²) in [6, 6.07) is 12.3. The average molecular weight is 481 g/mol. The second-order valence-electron chi connectivity index (χ2n) is 8.43. The molecular weight excluding hydrogens is 459 g/mol. The van der Waals surface area contributed by atoms with Gasteiger partial charge >= 0.3 is 6.18 Å². The minimum absolute atomic E-state index is 0.0501. The Morgan fingerprint density at radius 2 is 1.89 bits per heavy atom. The van der Waals surface area contributed by atoms with Crippen molar-refractivity contribution < 1.29 is 18.0 Å². The third-order valence-corrected chi connectivity index (χ3v) is 6.14. The van der Waals surface area contributed by atoms with E-state index in [0.29, 0.717) is 22.8 Å². The number of hydrogen-bond acceptors (Lipinski definition) is 5. The quantitative estimate of drug-likeness (QED) is 0.392. The van der Waals surface area contributed by atoms with Gasteiger partial charge in [0.25, 0.3) is 5.91 Å². The molecule has 3 aromatic heterocycles. The van der Waals surface area contributed by atoms with Crippen molar-refractivity contribution in [1.82, 2.24) is 20.3 Å². The maximum absolute atomic E-state index is 13.4. The summed E-state index contributed by atoms with van der Waals surface area (Å²) in [4.78, 5) is 36.1. The Kier molecular flexibility index (Phi) is 6.06. The van der Waals surface area contributed by atoms with Gasteiger partial charge < -0.3 is 16.0 Å². The van der Waals surface area contributed by atoms with Gasteiger partial charge in [-0.25, -0.2) is 0 Å². The average Bonchev–Trinajstić information content (AvgIpc) is 2.82. The SMILES string of the molecule is CC(c1cc[nH]c(=O)c1)C(C)(NC(=O)c1ccc2ncccc2c1)c1ncc(C(F)(F)F)cc1N. The van der Waals surface area contributed by atoms with Crippen LogP contribution in [-0.2, 0) is 11.7 Å². The highest BCUT2D eigenvalue weighted by atomic mass is 19.4. The number of aromatic amines is 1. The molecule has 0 aliphatic heterocycles. The summed E-state index contributed by atoms with van der Waals surface area (Å²) in [5, 5.41) is 3.66. The van der Waals surface area contributed by atoms with E-state index in [0.717, 1.165) is 11.5 Å². The van der Waals surface area contributed by atoms with Crippen LogP contribution in [0.2, 0.25) is 0 Å². The Balaban J connectivity index is 1.80. The summed E-state index contributed by atoms with van der Waals surface area (Å²) in [5.74, 6) is -1.08. The van der Waals surface area contributed by atoms with Crippen LogP contribution in [0.15, 0.2) is 71.9 Å². The second kappa shape index (κ2) is 8.86. The first kappa shape index (κ1) is 23.9. The fourth-order valence-electron chi connectivity index (χ4n) is 4.03. The van der Waals surface area contributed by atoms with Gasteiger partial charge in [-0.2, -0.15) is 13.2 Å². The number of nitrogens with one attached hydrogen (secondary N) is 2. The summed E-state index contributed by atoms with van der Waals surface area (Å²) < 4.78 is 39.6. The molecular formula is C25H22F3N5O2. The van der Waals surface area contributed by atoms with Gasteiger partial charge in [-0.15, -0.1) is 0 Å². The van der Waals surface area contributed by atoms with Crippen molar-refractivity contribution >= 4 is 22.5 Å². The van der Waals surface area contributed by atoms with Crippen molar-refractivity contribution in [3.63, 3.8) is 0 Å². The van der Waals surface area contributed by atoms with Crippen LogP contribution in [0.5, 0.6) is 0 Å². The largest absolute Gasteiger partial charge is 0.417 e. The number of halogens is 3. The fraction of sp³-hybridized carbons (Fsp3) is 0.200. The number of aromatic nitrogens is 3. The van der Waals surface area contributed by atoms with E-state index in [2.05, 4.69) is 20.3 Å². The minimum atomic E-state index is -4.63. The molecule has 4 rings (SSSR count). The normalized spacial score (nSPS) is 14.3. The van der Waals surface area contributed by atoms with Crippen LogP contribution in [0.25, 0.3) is 10.9 Å². The van der Waals surface area contributed by atoms with Crippen molar-refractivity contribution in [2.45, 2.75) is 31.5 Å². The molecule has 10 heteroatoms. The predicted octanol–water partition coefficient (Wildman–Crippen LogP) is 4.37. The molecule has 0 aliphatic carbocycles. The smallest absolute Gasteiger partial charge is 0.397 e. The van der Waals surface area contributed by atoms with Gasteiger partial charge in [-0.05, 0) is 48.9 Å². The molecule has 0 aliphatic rings. The number of pyridine rings is 3. The Hall–Kier alpha value is -4.21. The first-order chi connectivity index (χ1) is 16.5. The van der Waals surface area contributed by atoms with Gasteiger partial charge in [0.05, 0.1) is 28.0 Å². The van der Waals surface area contributed by atoms with E-state index in [-0.39, 0.29) is 16.9 Å². The Bertz CT molecular complexity index is 1470. The standard InChI is InChI=1S/C25H22F3N5O2/c1-14(15-7-9-31-21(34)11-15)24(2,22-19(29)12-18(13-32-22)25(26,27)28)33-23(35)17-5-6-20-16(10-17)4-3-8-30-20/h3-14H,29H2,1-2H3,(H,31,34)(H,33,35). The lowest BCUT2D eigenvalue weighted by atomic mass is 9.78. The molecule has 0 radical (unpaired) electrons. The fourth-order valence-corrected chi connectivity index (χ4v) is 4.03. The number of hydrogen-bond donors (Lipinski definition) is 3. The highest BCUT2D eigenvalue weighted by molar-refractivity contribution is 5.98. The van der Waals surface area contributed by atoms with Crippen LogP contribution < -0.4 is 16.6 Å². The number of nitrogen functional groups attached to an aromatic ring is 1. The number of H-pyrrole nitrogens is 1. The molecule has 0 fully saturated rings. The highest BCUT2D eigenvalue weighted by Crippen LogP contribution is 2.40. The van der Waals surface area contributed by atoms with Gasteiger partial charge in [0.2, 0.25) is 5.56 Å². The van der Waals surface area contributed by atoms with Crippen molar-refractivity contribution in [1.29, 1.82) is 0 Å². The summed E-state index contributed by atoms with van der Waals surface area (Å²) >= 11 is 0. The molecule has 2 unspecified atom stereocenters. The van der Waals surface area contributed by atoms with Gasteiger partial charge in [-0.3, -0.25) is 19.6 Å². The van der Waals surface area contributed by atoms with Crippen LogP contribution in [-0.4, -0.2) is 20.9 Å². The van der Waals surface area contributed by atoms with E-state index in [4.69, 9.17) is 5.73 Å². The van der Waals surface area contributed by atoms with E-state index in [1.54, 1.807) is 50.4 Å². The molecule has 3 heterocycles. The number of carbonyl (C=O) groups is 1. The molecule has 0 spiro atoms. The Labute approximate surface area is 198 Å². The van der Waals surface area contributed by atoms with Crippen molar-refractivity contribution in [3.05, 3.63) is 99.9 Å². The molecule has 4 aromatic rings. The van der Waals surface area contributed by atoms with Crippen LogP contribution in [0.3, 0.4) is 0 Å². The summed E-state index contributed by atoms with van der Waals surface area (Å²) in [6.45, 7) is 3.35. The van der Waals surface area contributed by atoms with Crippen LogP contribution in [0, 0.1) is 0 Å². The molecule has 2 atom stereocenters. The van der Waals surface area contributed by atoms with Crippen LogP contribution in [0.4, 0.5) is 18.9 Å². The summed E-state index contributed by atoms with van der Waals surface area (Å²) in [7, 11) is 0. The van der Waals surface area contributed by atoms with Gasteiger partial charge in [0.1, 0.15) is 0 Å². The van der Waals surface area contributed by atoms with Crippen molar-refractivity contribution in [2.24, 2.45) is 0 Å².